The van der Waals surface area contributed by atoms with Gasteiger partial charge >= 0.3 is 0 Å². The van der Waals surface area contributed by atoms with Crippen molar-refractivity contribution in [1.82, 2.24) is 9.62 Å². The lowest BCUT2D eigenvalue weighted by Gasteiger charge is -2.47. The summed E-state index contributed by atoms with van der Waals surface area (Å²) < 4.78 is 27.8. The molecule has 1 heterocycles. The molecule has 3 aromatic rings. The number of amides is 2. The number of carbonyl (C=O) groups excluding carboxylic acids is 2. The third kappa shape index (κ3) is 4.47. The summed E-state index contributed by atoms with van der Waals surface area (Å²) in [5.74, 6) is -0.890. The van der Waals surface area contributed by atoms with Gasteiger partial charge in [-0.2, -0.15) is 4.31 Å². The van der Waals surface area contributed by atoms with Gasteiger partial charge in [0, 0.05) is 18.8 Å². The van der Waals surface area contributed by atoms with E-state index in [1.807, 2.05) is 49.4 Å². The van der Waals surface area contributed by atoms with Crippen LogP contribution in [0.3, 0.4) is 0 Å². The molecule has 1 saturated heterocycles. The van der Waals surface area contributed by atoms with Crippen molar-refractivity contribution in [3.8, 4) is 0 Å². The third-order valence-corrected chi connectivity index (χ3v) is 7.87. The Labute approximate surface area is 200 Å². The Hall–Kier alpha value is -3.49. The molecule has 7 nitrogen and oxygen atoms in total. The number of piperazine rings is 1. The molecule has 2 amide bonds. The fourth-order valence-electron chi connectivity index (χ4n) is 4.23. The summed E-state index contributed by atoms with van der Waals surface area (Å²) in [5, 5.41) is 2.91. The van der Waals surface area contributed by atoms with Gasteiger partial charge < -0.3 is 5.32 Å². The van der Waals surface area contributed by atoms with Crippen LogP contribution in [0.15, 0.2) is 89.8 Å². The number of benzene rings is 3. The molecule has 1 aliphatic rings. The second kappa shape index (κ2) is 9.40. The van der Waals surface area contributed by atoms with E-state index in [1.165, 1.54) is 17.0 Å². The van der Waals surface area contributed by atoms with Gasteiger partial charge in [-0.05, 0) is 43.2 Å². The molecular weight excluding hydrogens is 450 g/mol. The Kier molecular flexibility index (Phi) is 6.54. The van der Waals surface area contributed by atoms with Crippen molar-refractivity contribution in [2.24, 2.45) is 0 Å². The summed E-state index contributed by atoms with van der Waals surface area (Å²) >= 11 is 0. The Morgan fingerprint density at radius 1 is 0.941 bits per heavy atom. The van der Waals surface area contributed by atoms with E-state index in [0.717, 1.165) is 15.4 Å². The van der Waals surface area contributed by atoms with Gasteiger partial charge in [0.1, 0.15) is 5.54 Å². The molecule has 34 heavy (non-hydrogen) atoms. The molecular formula is C26H27N3O4S. The Morgan fingerprint density at radius 2 is 1.53 bits per heavy atom. The van der Waals surface area contributed by atoms with Crippen LogP contribution in [-0.2, 0) is 26.2 Å². The van der Waals surface area contributed by atoms with E-state index < -0.39 is 27.4 Å². The predicted molar refractivity (Wildman–Crippen MR) is 131 cm³/mol. The Balaban J connectivity index is 1.72. The van der Waals surface area contributed by atoms with Gasteiger partial charge in [-0.1, -0.05) is 66.7 Å². The van der Waals surface area contributed by atoms with Crippen LogP contribution in [0.2, 0.25) is 0 Å². The molecule has 0 spiro atoms. The van der Waals surface area contributed by atoms with Gasteiger partial charge in [0.15, 0.2) is 0 Å². The molecule has 1 N–H and O–H groups in total. The van der Waals surface area contributed by atoms with Crippen molar-refractivity contribution < 1.29 is 18.0 Å². The predicted octanol–water partition coefficient (Wildman–Crippen LogP) is 3.11. The number of nitrogens with zero attached hydrogens (tertiary/aromatic N) is 2. The van der Waals surface area contributed by atoms with Crippen LogP contribution in [-0.4, -0.2) is 43.2 Å². The zero-order valence-corrected chi connectivity index (χ0v) is 20.0. The largest absolute Gasteiger partial charge is 0.350 e. The molecule has 1 fully saturated rings. The number of rotatable bonds is 6. The van der Waals surface area contributed by atoms with Crippen molar-refractivity contribution in [3.05, 3.63) is 96.1 Å². The van der Waals surface area contributed by atoms with Crippen LogP contribution in [0, 0.1) is 6.92 Å². The van der Waals surface area contributed by atoms with Crippen molar-refractivity contribution in [2.75, 3.05) is 18.0 Å². The minimum Gasteiger partial charge on any atom is -0.350 e. The van der Waals surface area contributed by atoms with Crippen molar-refractivity contribution >= 4 is 27.5 Å². The van der Waals surface area contributed by atoms with E-state index in [4.69, 9.17) is 0 Å². The summed E-state index contributed by atoms with van der Waals surface area (Å²) in [5.41, 5.74) is 0.842. The summed E-state index contributed by atoms with van der Waals surface area (Å²) in [6, 6.07) is 24.7. The van der Waals surface area contributed by atoms with Crippen molar-refractivity contribution in [2.45, 2.75) is 30.8 Å². The highest BCUT2D eigenvalue weighted by molar-refractivity contribution is 7.89. The van der Waals surface area contributed by atoms with Crippen LogP contribution >= 0.6 is 0 Å². The van der Waals surface area contributed by atoms with Gasteiger partial charge in [0.25, 0.3) is 0 Å². The maximum atomic E-state index is 13.6. The molecule has 1 aliphatic heterocycles. The highest BCUT2D eigenvalue weighted by Gasteiger charge is 2.51. The first kappa shape index (κ1) is 23.7. The standard InChI is InChI=1S/C26H27N3O4S/c1-20-11-9-10-16-23(20)29-24(30)18-28(34(32,33)22-14-7-4-8-15-22)19-26(29,2)25(31)27-17-21-12-5-3-6-13-21/h3-16H,17-19H2,1-2H3,(H,27,31)/t26-/m1/s1. The monoisotopic (exact) mass is 477 g/mol. The lowest BCUT2D eigenvalue weighted by molar-refractivity contribution is -0.133. The Morgan fingerprint density at radius 3 is 2.18 bits per heavy atom. The number of anilines is 1. The van der Waals surface area contributed by atoms with Gasteiger partial charge in [-0.25, -0.2) is 8.42 Å². The highest BCUT2D eigenvalue weighted by Crippen LogP contribution is 2.34. The number of para-hydroxylation sites is 1. The first-order chi connectivity index (χ1) is 16.2. The second-order valence-electron chi connectivity index (χ2n) is 8.54. The molecule has 0 aromatic heterocycles. The molecule has 176 valence electrons. The molecule has 1 atom stereocenters. The van der Waals surface area contributed by atoms with E-state index >= 15 is 0 Å². The van der Waals surface area contributed by atoms with Gasteiger partial charge in [0.2, 0.25) is 21.8 Å². The lowest BCUT2D eigenvalue weighted by Crippen LogP contribution is -2.70. The van der Waals surface area contributed by atoms with Crippen LogP contribution in [0.4, 0.5) is 5.69 Å². The number of hydrogen-bond acceptors (Lipinski definition) is 4. The molecule has 0 unspecified atom stereocenters. The summed E-state index contributed by atoms with van der Waals surface area (Å²) in [7, 11) is -3.98. The minimum absolute atomic E-state index is 0.0826. The van der Waals surface area contributed by atoms with Crippen molar-refractivity contribution in [3.63, 3.8) is 0 Å². The summed E-state index contributed by atoms with van der Waals surface area (Å²) in [6.45, 7) is 3.21. The fraction of sp³-hybridized carbons (Fsp3) is 0.231. The molecule has 0 saturated carbocycles. The van der Waals surface area contributed by atoms with E-state index in [-0.39, 0.29) is 24.5 Å². The summed E-state index contributed by atoms with van der Waals surface area (Å²) in [4.78, 5) is 28.6. The molecule has 0 aliphatic carbocycles. The van der Waals surface area contributed by atoms with E-state index in [9.17, 15) is 18.0 Å². The third-order valence-electron chi connectivity index (χ3n) is 6.06. The zero-order chi connectivity index (χ0) is 24.3. The molecule has 0 radical (unpaired) electrons. The number of aryl methyl sites for hydroxylation is 1. The number of nitrogens with one attached hydrogen (secondary N) is 1. The maximum absolute atomic E-state index is 13.6. The zero-order valence-electron chi connectivity index (χ0n) is 19.1. The van der Waals surface area contributed by atoms with Gasteiger partial charge in [0.05, 0.1) is 11.4 Å². The lowest BCUT2D eigenvalue weighted by atomic mass is 9.93. The quantitative estimate of drug-likeness (QED) is 0.591. The van der Waals surface area contributed by atoms with Gasteiger partial charge in [-0.3, -0.25) is 14.5 Å². The molecule has 0 bridgehead atoms. The first-order valence-electron chi connectivity index (χ1n) is 11.0. The van der Waals surface area contributed by atoms with Crippen LogP contribution in [0.5, 0.6) is 0 Å². The summed E-state index contributed by atoms with van der Waals surface area (Å²) in [6.07, 6.45) is 0. The molecule has 3 aromatic carbocycles. The van der Waals surface area contributed by atoms with Crippen molar-refractivity contribution in [1.29, 1.82) is 0 Å². The van der Waals surface area contributed by atoms with Crippen LogP contribution < -0.4 is 10.2 Å². The van der Waals surface area contributed by atoms with Crippen LogP contribution in [0.1, 0.15) is 18.1 Å². The average Bonchev–Trinajstić information content (AvgIpc) is 2.84. The maximum Gasteiger partial charge on any atom is 0.247 e. The number of hydrogen-bond donors (Lipinski definition) is 1. The first-order valence-corrected chi connectivity index (χ1v) is 12.4. The number of carbonyl (C=O) groups is 2. The molecule has 4 rings (SSSR count). The van der Waals surface area contributed by atoms with E-state index in [1.54, 1.807) is 37.3 Å². The Bertz CT molecular complexity index is 1300. The fourth-order valence-corrected chi connectivity index (χ4v) is 5.74. The van der Waals surface area contributed by atoms with Gasteiger partial charge in [-0.15, -0.1) is 0 Å². The van der Waals surface area contributed by atoms with Crippen LogP contribution in [0.25, 0.3) is 0 Å². The molecule has 8 heteroatoms. The second-order valence-corrected chi connectivity index (χ2v) is 10.5. The smallest absolute Gasteiger partial charge is 0.247 e. The highest BCUT2D eigenvalue weighted by atomic mass is 32.2. The number of sulfonamides is 1. The topological polar surface area (TPSA) is 86.8 Å². The van der Waals surface area contributed by atoms with E-state index in [2.05, 4.69) is 5.32 Å². The minimum atomic E-state index is -3.98. The normalized spacial score (nSPS) is 19.1. The SMILES string of the molecule is Cc1ccccc1N1C(=O)CN(S(=O)(=O)c2ccccc2)C[C@]1(C)C(=O)NCc1ccccc1. The van der Waals surface area contributed by atoms with E-state index in [0.29, 0.717) is 5.69 Å². The average molecular weight is 478 g/mol.